The predicted octanol–water partition coefficient (Wildman–Crippen LogP) is 7.00. The van der Waals surface area contributed by atoms with Gasteiger partial charge < -0.3 is 19.4 Å². The highest BCUT2D eigenvalue weighted by atomic mass is 16.5. The number of aryl methyl sites for hydroxylation is 2. The number of aromatic amines is 2. The van der Waals surface area contributed by atoms with E-state index in [2.05, 4.69) is 55.9 Å². The van der Waals surface area contributed by atoms with Crippen molar-refractivity contribution in [3.8, 4) is 0 Å². The summed E-state index contributed by atoms with van der Waals surface area (Å²) < 4.78 is 10.6. The zero-order chi connectivity index (χ0) is 29.9. The van der Waals surface area contributed by atoms with Crippen molar-refractivity contribution < 1.29 is 19.1 Å². The molecule has 0 saturated carbocycles. The van der Waals surface area contributed by atoms with Crippen LogP contribution in [0.15, 0.2) is 18.2 Å². The molecule has 0 amide bonds. The first-order chi connectivity index (χ1) is 20.2. The smallest absolute Gasteiger partial charge is 0.305 e. The molecule has 2 N–H and O–H groups in total. The molecule has 0 aromatic carbocycles. The summed E-state index contributed by atoms with van der Waals surface area (Å²) in [7, 11) is 3.13. The average Bonchev–Trinajstić information content (AvgIpc) is 3.71. The Bertz CT molecular complexity index is 1840. The molecule has 0 saturated heterocycles. The molecular weight excluding hydrogens is 528 g/mol. The van der Waals surface area contributed by atoms with Crippen molar-refractivity contribution in [3.63, 3.8) is 0 Å². The Morgan fingerprint density at radius 2 is 1.74 bits per heavy atom. The van der Waals surface area contributed by atoms with E-state index in [9.17, 15) is 9.59 Å². The van der Waals surface area contributed by atoms with Gasteiger partial charge in [0.25, 0.3) is 0 Å². The monoisotopic (exact) mass is 566 g/mol. The standard InChI is InChI=1S/C34H38N4O4/c1-8-20-16(2)25-13-29-23(15-41-6)18(4)24(36-29)12-26-17(3)21(9-10-31(40)42-7)33(37-26)22-11-30(39)32-19(5)27(38-34(22)32)14-28(20)35-25/h12-14,17,21,36,38H,8-11,15H2,1-7H3/t17-,21-/m0/s1. The number of ketones is 1. The van der Waals surface area contributed by atoms with Crippen LogP contribution in [0.3, 0.4) is 0 Å². The highest BCUT2D eigenvalue weighted by Gasteiger charge is 2.36. The number of nitrogens with one attached hydrogen (secondary N) is 2. The van der Waals surface area contributed by atoms with Gasteiger partial charge in [-0.15, -0.1) is 0 Å². The lowest BCUT2D eigenvalue weighted by Crippen LogP contribution is -2.09. The number of Topliss-reactive ketones (excluding diaryl/α,β-unsaturated/α-hetero) is 1. The number of carbonyl (C=O) groups is 2. The van der Waals surface area contributed by atoms with E-state index < -0.39 is 0 Å². The summed E-state index contributed by atoms with van der Waals surface area (Å²) in [5.41, 5.74) is 14.4. The molecule has 8 heteroatoms. The van der Waals surface area contributed by atoms with Crippen LogP contribution in [-0.2, 0) is 27.3 Å². The fourth-order valence-electron chi connectivity index (χ4n) is 6.90. The average molecular weight is 567 g/mol. The number of allylic oxidation sites excluding steroid dienone is 2. The van der Waals surface area contributed by atoms with Crippen molar-refractivity contribution in [2.24, 2.45) is 0 Å². The summed E-state index contributed by atoms with van der Waals surface area (Å²) >= 11 is 0. The van der Waals surface area contributed by atoms with Crippen molar-refractivity contribution in [3.05, 3.63) is 68.8 Å². The second-order valence-electron chi connectivity index (χ2n) is 11.7. The lowest BCUT2D eigenvalue weighted by molar-refractivity contribution is -0.140. The van der Waals surface area contributed by atoms with Gasteiger partial charge in [0, 0.05) is 70.7 Å². The van der Waals surface area contributed by atoms with Crippen LogP contribution in [0.4, 0.5) is 0 Å². The fraction of sp³-hybridized carbons (Fsp3) is 0.412. The second-order valence-corrected chi connectivity index (χ2v) is 11.7. The summed E-state index contributed by atoms with van der Waals surface area (Å²) in [6, 6.07) is 6.31. The van der Waals surface area contributed by atoms with Crippen molar-refractivity contribution in [1.29, 1.82) is 0 Å². The Morgan fingerprint density at radius 3 is 2.45 bits per heavy atom. The number of H-pyrrole nitrogens is 2. The summed E-state index contributed by atoms with van der Waals surface area (Å²) in [6.07, 6.45) is 2.02. The fourth-order valence-corrected chi connectivity index (χ4v) is 6.90. The molecule has 3 aromatic rings. The van der Waals surface area contributed by atoms with Crippen LogP contribution >= 0.6 is 0 Å². The van der Waals surface area contributed by atoms with E-state index in [1.54, 1.807) is 7.11 Å². The van der Waals surface area contributed by atoms with Crippen molar-refractivity contribution in [1.82, 2.24) is 19.9 Å². The number of fused-ring (bicyclic) bond motifs is 8. The van der Waals surface area contributed by atoms with Crippen LogP contribution in [0.25, 0.3) is 33.2 Å². The molecule has 8 nitrogen and oxygen atoms in total. The molecule has 0 radical (unpaired) electrons. The van der Waals surface area contributed by atoms with E-state index in [-0.39, 0.29) is 30.0 Å². The van der Waals surface area contributed by atoms with Crippen LogP contribution in [0.5, 0.6) is 0 Å². The Morgan fingerprint density at radius 1 is 1.00 bits per heavy atom. The SMILES string of the molecule is CCC1=C(C)c2cc3[nH]c(cc4nc(c5c6[nH]c(cc1n2)c(C)c6C(=O)C5)[C@@H](CCC(=O)OC)[C@@H]4C)c(C)c3COC. The molecule has 42 heavy (non-hydrogen) atoms. The molecule has 8 bridgehead atoms. The van der Waals surface area contributed by atoms with Crippen LogP contribution in [0, 0.1) is 13.8 Å². The molecule has 0 spiro atoms. The summed E-state index contributed by atoms with van der Waals surface area (Å²) in [4.78, 5) is 43.2. The molecule has 3 aliphatic rings. The van der Waals surface area contributed by atoms with Crippen LogP contribution in [-0.4, -0.2) is 45.9 Å². The molecule has 3 aromatic heterocycles. The van der Waals surface area contributed by atoms with Crippen molar-refractivity contribution in [2.75, 3.05) is 14.2 Å². The first-order valence-electron chi connectivity index (χ1n) is 14.7. The van der Waals surface area contributed by atoms with Gasteiger partial charge in [0.2, 0.25) is 0 Å². The number of methoxy groups -OCH3 is 2. The Kier molecular flexibility index (Phi) is 7.13. The van der Waals surface area contributed by atoms with Gasteiger partial charge in [-0.25, -0.2) is 4.98 Å². The maximum Gasteiger partial charge on any atom is 0.305 e. The summed E-state index contributed by atoms with van der Waals surface area (Å²) in [5, 5.41) is 0. The summed E-state index contributed by atoms with van der Waals surface area (Å²) in [5.74, 6) is -0.127. The van der Waals surface area contributed by atoms with E-state index in [0.29, 0.717) is 19.4 Å². The number of ether oxygens (including phenoxy) is 2. The number of rotatable bonds is 6. The van der Waals surface area contributed by atoms with Gasteiger partial charge in [-0.1, -0.05) is 13.8 Å². The lowest BCUT2D eigenvalue weighted by atomic mass is 9.85. The van der Waals surface area contributed by atoms with Gasteiger partial charge in [0.15, 0.2) is 5.78 Å². The topological polar surface area (TPSA) is 110 Å². The van der Waals surface area contributed by atoms with Crippen molar-refractivity contribution in [2.45, 2.75) is 78.7 Å². The lowest BCUT2D eigenvalue weighted by Gasteiger charge is -2.16. The first-order valence-corrected chi connectivity index (χ1v) is 14.7. The molecule has 5 heterocycles. The number of carbonyl (C=O) groups excluding carboxylic acids is 2. The van der Waals surface area contributed by atoms with Gasteiger partial charge in [-0.2, -0.15) is 0 Å². The van der Waals surface area contributed by atoms with Crippen LogP contribution < -0.4 is 0 Å². The molecule has 2 aliphatic heterocycles. The predicted molar refractivity (Wildman–Crippen MR) is 164 cm³/mol. The number of aromatic nitrogens is 4. The van der Waals surface area contributed by atoms with Gasteiger partial charge in [-0.05, 0) is 74.1 Å². The van der Waals surface area contributed by atoms with Crippen LogP contribution in [0.2, 0.25) is 0 Å². The largest absolute Gasteiger partial charge is 0.469 e. The van der Waals surface area contributed by atoms with Gasteiger partial charge in [0.1, 0.15) is 0 Å². The zero-order valence-electron chi connectivity index (χ0n) is 25.4. The van der Waals surface area contributed by atoms with Gasteiger partial charge in [0.05, 0.1) is 36.3 Å². The molecule has 0 unspecified atom stereocenters. The van der Waals surface area contributed by atoms with Crippen LogP contribution in [0.1, 0.15) is 107 Å². The van der Waals surface area contributed by atoms with Gasteiger partial charge >= 0.3 is 5.97 Å². The quantitative estimate of drug-likeness (QED) is 0.311. The normalized spacial score (nSPS) is 17.8. The number of hydrogen-bond donors (Lipinski definition) is 2. The molecular formula is C34H38N4O4. The van der Waals surface area contributed by atoms with E-state index in [1.807, 2.05) is 6.92 Å². The third-order valence-electron chi connectivity index (χ3n) is 9.41. The second kappa shape index (κ2) is 10.7. The minimum absolute atomic E-state index is 0.0243. The minimum Gasteiger partial charge on any atom is -0.469 e. The third-order valence-corrected chi connectivity index (χ3v) is 9.41. The number of esters is 1. The molecule has 218 valence electrons. The van der Waals surface area contributed by atoms with Gasteiger partial charge in [-0.3, -0.25) is 14.6 Å². The Balaban J connectivity index is 1.73. The minimum atomic E-state index is -0.244. The van der Waals surface area contributed by atoms with E-state index in [1.165, 1.54) is 12.7 Å². The first kappa shape index (κ1) is 28.1. The maximum absolute atomic E-state index is 13.5. The molecule has 6 rings (SSSR count). The highest BCUT2D eigenvalue weighted by Crippen LogP contribution is 2.44. The maximum atomic E-state index is 13.5. The number of nitrogens with zero attached hydrogens (tertiary/aromatic N) is 2. The Hall–Kier alpha value is -4.04. The molecule has 1 aliphatic carbocycles. The van der Waals surface area contributed by atoms with E-state index in [0.717, 1.165) is 84.7 Å². The molecule has 0 fully saturated rings. The summed E-state index contributed by atoms with van der Waals surface area (Å²) in [6.45, 7) is 11.0. The number of hydrogen-bond acceptors (Lipinski definition) is 6. The molecule has 2 atom stereocenters. The van der Waals surface area contributed by atoms with Crippen molar-refractivity contribution >= 4 is 45.0 Å². The Labute approximate surface area is 245 Å². The van der Waals surface area contributed by atoms with E-state index in [4.69, 9.17) is 19.4 Å². The van der Waals surface area contributed by atoms with E-state index >= 15 is 0 Å². The zero-order valence-corrected chi connectivity index (χ0v) is 25.4. The third kappa shape index (κ3) is 4.40. The highest BCUT2D eigenvalue weighted by molar-refractivity contribution is 6.13.